The zero-order chi connectivity index (χ0) is 39.6. The van der Waals surface area contributed by atoms with Crippen LogP contribution in [0.15, 0.2) is 48.6 Å². The van der Waals surface area contributed by atoms with Crippen LogP contribution in [0.5, 0.6) is 0 Å². The third-order valence-electron chi connectivity index (χ3n) is 8.98. The number of hydrogen-bond donors (Lipinski definition) is 2. The molecule has 0 aliphatic carbocycles. The Morgan fingerprint density at radius 3 is 1.52 bits per heavy atom. The number of phosphoric ester groups is 1. The number of allylic oxidation sites excluding steroid dienone is 8. The summed E-state index contributed by atoms with van der Waals surface area (Å²) in [6, 6.07) is 0. The molecule has 0 aliphatic heterocycles. The first-order valence-corrected chi connectivity index (χ1v) is 23.1. The SMILES string of the molecule is CC/C=C\C/C=C\C/C=C\C/C=C\CCCCCCCCC(=O)OC(COC(=O)CCCCCCCCCCCCCCCC)COP(=O)(O)OCCN. The first-order valence-electron chi connectivity index (χ1n) is 21.6. The van der Waals surface area contributed by atoms with Gasteiger partial charge in [0.2, 0.25) is 0 Å². The van der Waals surface area contributed by atoms with Gasteiger partial charge in [0, 0.05) is 19.4 Å². The molecule has 314 valence electrons. The summed E-state index contributed by atoms with van der Waals surface area (Å²) in [7, 11) is -4.38. The summed E-state index contributed by atoms with van der Waals surface area (Å²) in [4.78, 5) is 34.9. The molecular weight excluding hydrogens is 701 g/mol. The van der Waals surface area contributed by atoms with Crippen molar-refractivity contribution in [3.8, 4) is 0 Å². The summed E-state index contributed by atoms with van der Waals surface area (Å²) in [6.07, 6.45) is 45.6. The highest BCUT2D eigenvalue weighted by atomic mass is 31.2. The second-order valence-corrected chi connectivity index (χ2v) is 15.6. The Morgan fingerprint density at radius 1 is 0.574 bits per heavy atom. The summed E-state index contributed by atoms with van der Waals surface area (Å²) in [5, 5.41) is 0. The molecule has 0 aromatic heterocycles. The van der Waals surface area contributed by atoms with Gasteiger partial charge in [0.15, 0.2) is 6.10 Å². The molecule has 0 saturated carbocycles. The van der Waals surface area contributed by atoms with E-state index in [-0.39, 0.29) is 38.6 Å². The highest BCUT2D eigenvalue weighted by Crippen LogP contribution is 2.43. The molecule has 0 aromatic rings. The zero-order valence-corrected chi connectivity index (χ0v) is 35.3. The molecule has 3 N–H and O–H groups in total. The number of carbonyl (C=O) groups is 2. The van der Waals surface area contributed by atoms with Gasteiger partial charge in [0.1, 0.15) is 6.61 Å². The van der Waals surface area contributed by atoms with Crippen molar-refractivity contribution < 1.29 is 37.6 Å². The molecule has 0 aliphatic rings. The summed E-state index contributed by atoms with van der Waals surface area (Å²) in [5.74, 6) is -0.842. The maximum atomic E-state index is 12.6. The Kier molecular flexibility index (Phi) is 39.1. The number of unbranched alkanes of at least 4 members (excludes halogenated alkanes) is 19. The molecule has 0 bridgehead atoms. The van der Waals surface area contributed by atoms with Crippen LogP contribution in [0, 0.1) is 0 Å². The minimum atomic E-state index is -4.38. The molecule has 2 atom stereocenters. The maximum Gasteiger partial charge on any atom is 0.472 e. The van der Waals surface area contributed by atoms with E-state index in [1.807, 2.05) is 0 Å². The quantitative estimate of drug-likeness (QED) is 0.0269. The fourth-order valence-corrected chi connectivity index (χ4v) is 6.57. The normalized spacial score (nSPS) is 13.8. The number of nitrogens with two attached hydrogens (primary N) is 1. The third-order valence-corrected chi connectivity index (χ3v) is 9.96. The lowest BCUT2D eigenvalue weighted by molar-refractivity contribution is -0.161. The van der Waals surface area contributed by atoms with E-state index in [0.29, 0.717) is 6.42 Å². The lowest BCUT2D eigenvalue weighted by Gasteiger charge is -2.19. The number of phosphoric acid groups is 1. The minimum Gasteiger partial charge on any atom is -0.462 e. The molecule has 0 radical (unpaired) electrons. The van der Waals surface area contributed by atoms with Gasteiger partial charge in [-0.3, -0.25) is 18.6 Å². The van der Waals surface area contributed by atoms with E-state index in [0.717, 1.165) is 83.5 Å². The Bertz CT molecular complexity index is 1030. The van der Waals surface area contributed by atoms with Gasteiger partial charge in [0.05, 0.1) is 13.2 Å². The number of esters is 2. The molecule has 0 aromatic carbocycles. The fraction of sp³-hybridized carbons (Fsp3) is 0.773. The summed E-state index contributed by atoms with van der Waals surface area (Å²) in [5.41, 5.74) is 5.34. The van der Waals surface area contributed by atoms with Crippen molar-refractivity contribution in [2.45, 2.75) is 193 Å². The highest BCUT2D eigenvalue weighted by Gasteiger charge is 2.26. The van der Waals surface area contributed by atoms with Crippen LogP contribution in [0.2, 0.25) is 0 Å². The van der Waals surface area contributed by atoms with Gasteiger partial charge < -0.3 is 20.1 Å². The molecule has 0 saturated heterocycles. The largest absolute Gasteiger partial charge is 0.472 e. The highest BCUT2D eigenvalue weighted by molar-refractivity contribution is 7.47. The van der Waals surface area contributed by atoms with Crippen LogP contribution in [0.3, 0.4) is 0 Å². The van der Waals surface area contributed by atoms with Crippen molar-refractivity contribution in [1.29, 1.82) is 0 Å². The second-order valence-electron chi connectivity index (χ2n) is 14.2. The van der Waals surface area contributed by atoms with Crippen molar-refractivity contribution in [2.24, 2.45) is 5.73 Å². The van der Waals surface area contributed by atoms with Crippen LogP contribution in [0.1, 0.15) is 187 Å². The topological polar surface area (TPSA) is 134 Å². The average molecular weight is 782 g/mol. The third kappa shape index (κ3) is 39.7. The van der Waals surface area contributed by atoms with E-state index >= 15 is 0 Å². The van der Waals surface area contributed by atoms with E-state index in [1.165, 1.54) is 70.6 Å². The van der Waals surface area contributed by atoms with Crippen LogP contribution in [0.25, 0.3) is 0 Å². The predicted octanol–water partition coefficient (Wildman–Crippen LogP) is 12.3. The summed E-state index contributed by atoms with van der Waals surface area (Å²) >= 11 is 0. The monoisotopic (exact) mass is 782 g/mol. The van der Waals surface area contributed by atoms with E-state index < -0.39 is 26.5 Å². The Labute approximate surface area is 330 Å². The lowest BCUT2D eigenvalue weighted by Crippen LogP contribution is -2.29. The van der Waals surface area contributed by atoms with Gasteiger partial charge in [-0.25, -0.2) is 4.57 Å². The van der Waals surface area contributed by atoms with Gasteiger partial charge in [-0.1, -0.05) is 172 Å². The van der Waals surface area contributed by atoms with Crippen LogP contribution in [-0.2, 0) is 32.7 Å². The van der Waals surface area contributed by atoms with Crippen LogP contribution in [0.4, 0.5) is 0 Å². The maximum absolute atomic E-state index is 12.6. The van der Waals surface area contributed by atoms with E-state index in [2.05, 4.69) is 62.5 Å². The zero-order valence-electron chi connectivity index (χ0n) is 34.4. The minimum absolute atomic E-state index is 0.0501. The van der Waals surface area contributed by atoms with Gasteiger partial charge in [0.25, 0.3) is 0 Å². The molecule has 0 rings (SSSR count). The molecule has 54 heavy (non-hydrogen) atoms. The fourth-order valence-electron chi connectivity index (χ4n) is 5.80. The molecule has 2 unspecified atom stereocenters. The first kappa shape index (κ1) is 52.0. The molecule has 0 spiro atoms. The van der Waals surface area contributed by atoms with Gasteiger partial charge in [-0.2, -0.15) is 0 Å². The van der Waals surface area contributed by atoms with E-state index in [4.69, 9.17) is 24.3 Å². The molecule has 9 nitrogen and oxygen atoms in total. The van der Waals surface area contributed by atoms with Crippen molar-refractivity contribution in [1.82, 2.24) is 0 Å². The number of rotatable bonds is 40. The van der Waals surface area contributed by atoms with Crippen LogP contribution < -0.4 is 5.73 Å². The molecule has 0 heterocycles. The lowest BCUT2D eigenvalue weighted by atomic mass is 10.0. The molecule has 0 amide bonds. The van der Waals surface area contributed by atoms with Crippen molar-refractivity contribution >= 4 is 19.8 Å². The van der Waals surface area contributed by atoms with E-state index in [1.54, 1.807) is 0 Å². The number of carbonyl (C=O) groups excluding carboxylic acids is 2. The average Bonchev–Trinajstić information content (AvgIpc) is 3.16. The Morgan fingerprint density at radius 2 is 1.02 bits per heavy atom. The van der Waals surface area contributed by atoms with Crippen molar-refractivity contribution in [3.63, 3.8) is 0 Å². The number of hydrogen-bond acceptors (Lipinski definition) is 8. The van der Waals surface area contributed by atoms with E-state index in [9.17, 15) is 19.0 Å². The van der Waals surface area contributed by atoms with Gasteiger partial charge in [-0.05, 0) is 51.4 Å². The van der Waals surface area contributed by atoms with Crippen LogP contribution in [-0.4, -0.2) is 49.3 Å². The predicted molar refractivity (Wildman–Crippen MR) is 224 cm³/mol. The van der Waals surface area contributed by atoms with Crippen LogP contribution >= 0.6 is 7.82 Å². The molecular formula is C44H80NO8P. The van der Waals surface area contributed by atoms with Crippen molar-refractivity contribution in [2.75, 3.05) is 26.4 Å². The number of ether oxygens (including phenoxy) is 2. The Balaban J connectivity index is 4.18. The Hall–Kier alpha value is -2.03. The van der Waals surface area contributed by atoms with Gasteiger partial charge >= 0.3 is 19.8 Å². The van der Waals surface area contributed by atoms with Crippen molar-refractivity contribution in [3.05, 3.63) is 48.6 Å². The second kappa shape index (κ2) is 40.6. The van der Waals surface area contributed by atoms with Gasteiger partial charge in [-0.15, -0.1) is 0 Å². The molecule has 10 heteroatoms. The standard InChI is InChI=1S/C44H80NO8P/c1-3-5-7-9-11-13-15-17-19-20-21-22-23-25-27-29-31-33-35-37-44(47)53-42(41-52-54(48,49)51-39-38-45)40-50-43(46)36-34-32-30-28-26-24-18-16-14-12-10-8-6-4-2/h5,7,11,13,17,19,21-22,42H,3-4,6,8-10,12,14-16,18,20,23-41,45H2,1-2H3,(H,48,49)/b7-5-,13-11-,19-17-,22-21-. The first-order chi connectivity index (χ1) is 26.3. The summed E-state index contributed by atoms with van der Waals surface area (Å²) in [6.45, 7) is 3.61. The molecule has 0 fully saturated rings. The smallest absolute Gasteiger partial charge is 0.462 e. The summed E-state index contributed by atoms with van der Waals surface area (Å²) < 4.78 is 32.8.